The molecule has 0 bridgehead atoms. The number of rotatable bonds is 9. The number of hydrogen-bond acceptors (Lipinski definition) is 7. The maximum absolute atomic E-state index is 14.5. The zero-order chi connectivity index (χ0) is 25.3. The first-order valence-corrected chi connectivity index (χ1v) is 13.9. The minimum Gasteiger partial charge on any atom is -0.497 e. The predicted molar refractivity (Wildman–Crippen MR) is 130 cm³/mol. The van der Waals surface area contributed by atoms with Crippen molar-refractivity contribution in [1.29, 1.82) is 0 Å². The highest BCUT2D eigenvalue weighted by molar-refractivity contribution is 7.90. The molecule has 184 valence electrons. The van der Waals surface area contributed by atoms with E-state index in [0.29, 0.717) is 5.75 Å². The second kappa shape index (κ2) is 9.93. The summed E-state index contributed by atoms with van der Waals surface area (Å²) in [6.45, 7) is 6.58. The van der Waals surface area contributed by atoms with Gasteiger partial charge in [-0.15, -0.1) is 0 Å². The number of sulfonamides is 1. The Kier molecular flexibility index (Phi) is 7.77. The summed E-state index contributed by atoms with van der Waals surface area (Å²) in [5.74, 6) is -0.0700. The van der Waals surface area contributed by atoms with E-state index in [2.05, 4.69) is 4.72 Å². The number of Topliss-reactive ketones (excluding diaryl/α,β-unsaturated/α-hetero) is 1. The van der Waals surface area contributed by atoms with Crippen molar-refractivity contribution in [3.63, 3.8) is 0 Å². The second-order valence-electron chi connectivity index (χ2n) is 8.22. The predicted octanol–water partition coefficient (Wildman–Crippen LogP) is 5.19. The number of halogens is 1. The lowest BCUT2D eigenvalue weighted by atomic mass is 9.92. The van der Waals surface area contributed by atoms with E-state index >= 15 is 0 Å². The van der Waals surface area contributed by atoms with Crippen LogP contribution in [0.25, 0.3) is 0 Å². The quantitative estimate of drug-likeness (QED) is 0.447. The summed E-state index contributed by atoms with van der Waals surface area (Å²) in [6.07, 6.45) is -0.0981. The summed E-state index contributed by atoms with van der Waals surface area (Å²) in [4.78, 5) is 12.7. The number of ketones is 1. The number of carbonyl (C=O) groups is 1. The molecule has 1 N–H and O–H groups in total. The molecule has 1 aliphatic carbocycles. The number of carbonyl (C=O) groups excluding carboxylic acids is 1. The molecule has 2 aromatic carbocycles. The summed E-state index contributed by atoms with van der Waals surface area (Å²) < 4.78 is 61.0. The summed E-state index contributed by atoms with van der Waals surface area (Å²) in [7, 11) is -7.27. The van der Waals surface area contributed by atoms with Gasteiger partial charge < -0.3 is 13.8 Å². The van der Waals surface area contributed by atoms with Crippen LogP contribution in [0.1, 0.15) is 43.6 Å². The van der Waals surface area contributed by atoms with Crippen molar-refractivity contribution in [2.75, 3.05) is 7.11 Å². The Hall–Kier alpha value is -2.00. The molecule has 8 nitrogen and oxygen atoms in total. The van der Waals surface area contributed by atoms with E-state index in [-0.39, 0.29) is 21.1 Å². The molecule has 0 radical (unpaired) electrons. The Morgan fingerprint density at radius 2 is 1.53 bits per heavy atom. The summed E-state index contributed by atoms with van der Waals surface area (Å²) in [5, 5.41) is -2.42. The van der Waals surface area contributed by atoms with Gasteiger partial charge in [0.05, 0.1) is 29.2 Å². The van der Waals surface area contributed by atoms with Gasteiger partial charge in [0.15, 0.2) is 5.28 Å². The second-order valence-corrected chi connectivity index (χ2v) is 12.4. The first-order valence-electron chi connectivity index (χ1n) is 10.5. The SMILES string of the molecule is COc1ccc(S(=O)(=O)NC2(P(=O)(OC(C)C)OC(C)C)C=C(Cl)C(=O)c3ccccc32)cc1. The number of ether oxygens (including phenoxy) is 1. The molecule has 0 aliphatic heterocycles. The molecule has 34 heavy (non-hydrogen) atoms. The topological polar surface area (TPSA) is 108 Å². The van der Waals surface area contributed by atoms with E-state index in [9.17, 15) is 17.8 Å². The average Bonchev–Trinajstić information content (AvgIpc) is 2.76. The lowest BCUT2D eigenvalue weighted by Crippen LogP contribution is -2.48. The van der Waals surface area contributed by atoms with Gasteiger partial charge >= 0.3 is 7.60 Å². The number of methoxy groups -OCH3 is 1. The van der Waals surface area contributed by atoms with E-state index < -0.39 is 40.9 Å². The van der Waals surface area contributed by atoms with Crippen molar-refractivity contribution in [2.24, 2.45) is 0 Å². The van der Waals surface area contributed by atoms with E-state index in [1.165, 1.54) is 43.5 Å². The van der Waals surface area contributed by atoms with E-state index in [1.54, 1.807) is 39.8 Å². The maximum atomic E-state index is 14.5. The zero-order valence-corrected chi connectivity index (χ0v) is 21.9. The van der Waals surface area contributed by atoms with Crippen molar-refractivity contribution < 1.29 is 31.6 Å². The van der Waals surface area contributed by atoms with Gasteiger partial charge in [-0.1, -0.05) is 35.9 Å². The van der Waals surface area contributed by atoms with E-state index in [0.717, 1.165) is 6.08 Å². The lowest BCUT2D eigenvalue weighted by molar-refractivity contribution is 0.103. The highest BCUT2D eigenvalue weighted by atomic mass is 35.5. The van der Waals surface area contributed by atoms with Crippen LogP contribution in [0, 0.1) is 0 Å². The molecule has 0 aromatic heterocycles. The Balaban J connectivity index is 2.33. The van der Waals surface area contributed by atoms with Crippen LogP contribution in [0.3, 0.4) is 0 Å². The van der Waals surface area contributed by atoms with Gasteiger partial charge in [0.1, 0.15) is 5.75 Å². The number of hydrogen-bond donors (Lipinski definition) is 1. The third-order valence-electron chi connectivity index (χ3n) is 4.93. The molecule has 0 saturated carbocycles. The highest BCUT2D eigenvalue weighted by Gasteiger charge is 2.58. The number of nitrogens with one attached hydrogen (secondary N) is 1. The van der Waals surface area contributed by atoms with Crippen LogP contribution in [-0.4, -0.2) is 33.5 Å². The van der Waals surface area contributed by atoms with Gasteiger partial charge in [-0.3, -0.25) is 9.36 Å². The van der Waals surface area contributed by atoms with E-state index in [4.69, 9.17) is 25.4 Å². The fourth-order valence-corrected chi connectivity index (χ4v) is 8.21. The van der Waals surface area contributed by atoms with Crippen molar-refractivity contribution >= 4 is 35.0 Å². The smallest absolute Gasteiger partial charge is 0.360 e. The Morgan fingerprint density at radius 1 is 0.971 bits per heavy atom. The van der Waals surface area contributed by atoms with Gasteiger partial charge in [0.25, 0.3) is 0 Å². The first kappa shape index (κ1) is 26.6. The molecule has 11 heteroatoms. The summed E-state index contributed by atoms with van der Waals surface area (Å²) in [5.41, 5.74) is 0.207. The van der Waals surface area contributed by atoms with Gasteiger partial charge in [0, 0.05) is 11.1 Å². The van der Waals surface area contributed by atoms with Crippen LogP contribution in [-0.2, 0) is 28.9 Å². The Bertz CT molecular complexity index is 1240. The van der Waals surface area contributed by atoms with Crippen LogP contribution < -0.4 is 9.46 Å². The van der Waals surface area contributed by atoms with Gasteiger partial charge in [-0.2, -0.15) is 4.72 Å². The molecule has 2 aromatic rings. The van der Waals surface area contributed by atoms with Crippen LogP contribution >= 0.6 is 19.2 Å². The molecule has 0 spiro atoms. The molecule has 0 heterocycles. The Morgan fingerprint density at radius 3 is 2.06 bits per heavy atom. The fraction of sp³-hybridized carbons (Fsp3) is 0.348. The molecule has 0 amide bonds. The Labute approximate surface area is 204 Å². The molecule has 3 rings (SSSR count). The summed E-state index contributed by atoms with van der Waals surface area (Å²) >= 11 is 6.30. The molecule has 0 fully saturated rings. The van der Waals surface area contributed by atoms with E-state index in [1.807, 2.05) is 0 Å². The van der Waals surface area contributed by atoms with Gasteiger partial charge in [-0.25, -0.2) is 8.42 Å². The molecular formula is C23H27ClNO7PS. The van der Waals surface area contributed by atoms with Crippen molar-refractivity contribution in [1.82, 2.24) is 4.72 Å². The molecule has 1 unspecified atom stereocenters. The minimum absolute atomic E-state index is 0.0902. The van der Waals surface area contributed by atoms with Crippen LogP contribution in [0.15, 0.2) is 64.5 Å². The standard InChI is InChI=1S/C23H27ClNO7PS/c1-15(2)31-33(27,32-16(3)4)23(14-21(24)22(26)19-8-6-7-9-20(19)23)25-34(28,29)18-12-10-17(30-5)11-13-18/h6-16,25H,1-5H3. The molecular weight excluding hydrogens is 501 g/mol. The molecule has 0 saturated heterocycles. The third-order valence-corrected chi connectivity index (χ3v) is 9.59. The number of benzene rings is 2. The third kappa shape index (κ3) is 5.00. The van der Waals surface area contributed by atoms with Crippen molar-refractivity contribution in [2.45, 2.75) is 50.1 Å². The molecule has 1 aliphatic rings. The van der Waals surface area contributed by atoms with Crippen molar-refractivity contribution in [3.8, 4) is 5.75 Å². The van der Waals surface area contributed by atoms with Crippen LogP contribution in [0.5, 0.6) is 5.75 Å². The van der Waals surface area contributed by atoms with Crippen LogP contribution in [0.4, 0.5) is 0 Å². The summed E-state index contributed by atoms with van der Waals surface area (Å²) in [6, 6.07) is 11.9. The van der Waals surface area contributed by atoms with Gasteiger partial charge in [0.2, 0.25) is 15.8 Å². The minimum atomic E-state index is -4.39. The lowest BCUT2D eigenvalue weighted by Gasteiger charge is -2.41. The zero-order valence-electron chi connectivity index (χ0n) is 19.4. The van der Waals surface area contributed by atoms with Crippen molar-refractivity contribution in [3.05, 3.63) is 70.8 Å². The fourth-order valence-electron chi connectivity index (χ4n) is 3.60. The molecule has 1 atom stereocenters. The first-order chi connectivity index (χ1) is 15.8. The average molecular weight is 528 g/mol. The normalized spacial score (nSPS) is 18.7. The maximum Gasteiger partial charge on any atom is 0.360 e. The van der Waals surface area contributed by atoms with Crippen LogP contribution in [0.2, 0.25) is 0 Å². The largest absolute Gasteiger partial charge is 0.497 e. The number of fused-ring (bicyclic) bond motifs is 1. The highest BCUT2D eigenvalue weighted by Crippen LogP contribution is 2.67. The van der Waals surface area contributed by atoms with Gasteiger partial charge in [-0.05, 0) is 58.0 Å². The monoisotopic (exact) mass is 527 g/mol. The number of allylic oxidation sites excluding steroid dienone is 1.